The molecule has 1 aromatic carbocycles. The van der Waals surface area contributed by atoms with E-state index < -0.39 is 35.9 Å². The van der Waals surface area contributed by atoms with E-state index in [4.69, 9.17) is 25.6 Å². The van der Waals surface area contributed by atoms with Crippen molar-refractivity contribution in [2.45, 2.75) is 58.1 Å². The van der Waals surface area contributed by atoms with Crippen molar-refractivity contribution in [3.8, 4) is 0 Å². The summed E-state index contributed by atoms with van der Waals surface area (Å²) in [5, 5.41) is 0.386. The zero-order valence-electron chi connectivity index (χ0n) is 14.7. The number of esters is 1. The predicted octanol–water partition coefficient (Wildman–Crippen LogP) is 4.15. The first kappa shape index (κ1) is 19.2. The van der Waals surface area contributed by atoms with Gasteiger partial charge in [0.15, 0.2) is 0 Å². The summed E-state index contributed by atoms with van der Waals surface area (Å²) in [6.45, 7) is 9.60. The van der Waals surface area contributed by atoms with Crippen molar-refractivity contribution in [2.75, 3.05) is 6.61 Å². The summed E-state index contributed by atoms with van der Waals surface area (Å²) in [5.74, 6) is -1.54. The minimum atomic E-state index is -0.771. The third-order valence-corrected chi connectivity index (χ3v) is 4.88. The Balaban J connectivity index is 2.37. The number of hydrogen-bond donors (Lipinski definition) is 0. The van der Waals surface area contributed by atoms with Crippen LogP contribution in [0.4, 0.5) is 4.39 Å². The second-order valence-electron chi connectivity index (χ2n) is 6.91. The van der Waals surface area contributed by atoms with E-state index in [0.29, 0.717) is 5.02 Å². The molecule has 0 N–H and O–H groups in total. The van der Waals surface area contributed by atoms with Gasteiger partial charge in [-0.25, -0.2) is 4.39 Å². The molecule has 0 aromatic heterocycles. The van der Waals surface area contributed by atoms with Crippen molar-refractivity contribution in [3.05, 3.63) is 34.6 Å². The number of ether oxygens (including phenoxy) is 1. The van der Waals surface area contributed by atoms with Gasteiger partial charge in [-0.15, -0.1) is 0 Å². The second-order valence-corrected chi connectivity index (χ2v) is 7.34. The van der Waals surface area contributed by atoms with Crippen LogP contribution in [0.25, 0.3) is 0 Å². The van der Waals surface area contributed by atoms with Crippen LogP contribution < -0.4 is 0 Å². The Morgan fingerprint density at radius 3 is 2.42 bits per heavy atom. The molecule has 0 radical (unpaired) electrons. The summed E-state index contributed by atoms with van der Waals surface area (Å²) in [7, 11) is -0.771. The molecule has 1 aliphatic heterocycles. The summed E-state index contributed by atoms with van der Waals surface area (Å²) in [6.07, 6.45) is -0.0536. The minimum absolute atomic E-state index is 0.0536. The Morgan fingerprint density at radius 2 is 1.88 bits per heavy atom. The monoisotopic (exact) mass is 356 g/mol. The number of rotatable bonds is 5. The van der Waals surface area contributed by atoms with E-state index >= 15 is 0 Å². The Kier molecular flexibility index (Phi) is 5.62. The molecule has 1 atom stereocenters. The van der Waals surface area contributed by atoms with Gasteiger partial charge in [-0.2, -0.15) is 0 Å². The van der Waals surface area contributed by atoms with Gasteiger partial charge in [-0.1, -0.05) is 11.6 Å². The predicted molar refractivity (Wildman–Crippen MR) is 91.5 cm³/mol. The molecule has 0 bridgehead atoms. The summed E-state index contributed by atoms with van der Waals surface area (Å²) in [4.78, 5) is 12.0. The van der Waals surface area contributed by atoms with Crippen LogP contribution in [0.2, 0.25) is 5.02 Å². The third-order valence-electron chi connectivity index (χ3n) is 4.65. The first-order chi connectivity index (χ1) is 11.1. The van der Waals surface area contributed by atoms with Crippen LogP contribution in [-0.4, -0.2) is 30.9 Å². The van der Waals surface area contributed by atoms with Crippen molar-refractivity contribution in [1.29, 1.82) is 0 Å². The largest absolute Gasteiger partial charge is 0.466 e. The summed E-state index contributed by atoms with van der Waals surface area (Å²) in [6, 6.07) is 4.25. The highest BCUT2D eigenvalue weighted by Gasteiger charge is 2.54. The van der Waals surface area contributed by atoms with E-state index in [1.807, 2.05) is 27.7 Å². The maximum atomic E-state index is 14.4. The fraction of sp³-hybridized carbons (Fsp3) is 0.588. The SMILES string of the molecule is CCOC(=O)CC(B1OC(C)(C)C(C)(C)O1)c1cc(Cl)ccc1F. The highest BCUT2D eigenvalue weighted by atomic mass is 35.5. The van der Waals surface area contributed by atoms with Gasteiger partial charge in [-0.05, 0) is 58.4 Å². The lowest BCUT2D eigenvalue weighted by atomic mass is 9.66. The molecule has 1 saturated heterocycles. The molecule has 132 valence electrons. The van der Waals surface area contributed by atoms with Gasteiger partial charge >= 0.3 is 13.1 Å². The number of benzene rings is 1. The number of carbonyl (C=O) groups is 1. The van der Waals surface area contributed by atoms with Gasteiger partial charge in [0.05, 0.1) is 24.2 Å². The fourth-order valence-electron chi connectivity index (χ4n) is 2.60. The molecule has 1 aliphatic rings. The number of carbonyl (C=O) groups excluding carboxylic acids is 1. The molecule has 0 saturated carbocycles. The van der Waals surface area contributed by atoms with E-state index in [0.717, 1.165) is 0 Å². The van der Waals surface area contributed by atoms with Gasteiger partial charge in [-0.3, -0.25) is 4.79 Å². The lowest BCUT2D eigenvalue weighted by molar-refractivity contribution is -0.143. The number of halogens is 2. The van der Waals surface area contributed by atoms with Crippen LogP contribution in [0.15, 0.2) is 18.2 Å². The van der Waals surface area contributed by atoms with Crippen LogP contribution in [-0.2, 0) is 18.8 Å². The van der Waals surface area contributed by atoms with Crippen LogP contribution in [0.1, 0.15) is 52.4 Å². The average Bonchev–Trinajstić information content (AvgIpc) is 2.68. The van der Waals surface area contributed by atoms with E-state index in [2.05, 4.69) is 0 Å². The van der Waals surface area contributed by atoms with Crippen molar-refractivity contribution in [1.82, 2.24) is 0 Å². The van der Waals surface area contributed by atoms with Crippen molar-refractivity contribution in [2.24, 2.45) is 0 Å². The molecule has 1 fully saturated rings. The molecule has 0 amide bonds. The summed E-state index contributed by atoms with van der Waals surface area (Å²) in [5.41, 5.74) is -0.881. The Bertz CT molecular complexity index is 605. The van der Waals surface area contributed by atoms with E-state index in [-0.39, 0.29) is 18.6 Å². The Hall–Kier alpha value is -1.11. The number of hydrogen-bond acceptors (Lipinski definition) is 4. The fourth-order valence-corrected chi connectivity index (χ4v) is 2.78. The molecule has 0 aliphatic carbocycles. The molecular formula is C17H23BClFO4. The van der Waals surface area contributed by atoms with Crippen molar-refractivity contribution < 1.29 is 23.2 Å². The molecule has 7 heteroatoms. The van der Waals surface area contributed by atoms with Crippen molar-refractivity contribution >= 4 is 24.7 Å². The van der Waals surface area contributed by atoms with Crippen LogP contribution in [0.5, 0.6) is 0 Å². The first-order valence-electron chi connectivity index (χ1n) is 8.03. The Labute approximate surface area is 147 Å². The average molecular weight is 357 g/mol. The van der Waals surface area contributed by atoms with E-state index in [9.17, 15) is 9.18 Å². The van der Waals surface area contributed by atoms with Crippen molar-refractivity contribution in [3.63, 3.8) is 0 Å². The van der Waals surface area contributed by atoms with E-state index in [1.54, 1.807) is 6.92 Å². The van der Waals surface area contributed by atoms with Crippen LogP contribution >= 0.6 is 11.6 Å². The topological polar surface area (TPSA) is 44.8 Å². The lowest BCUT2D eigenvalue weighted by Crippen LogP contribution is -2.41. The summed E-state index contributed by atoms with van der Waals surface area (Å²) < 4.78 is 31.4. The lowest BCUT2D eigenvalue weighted by Gasteiger charge is -2.32. The van der Waals surface area contributed by atoms with E-state index in [1.165, 1.54) is 18.2 Å². The van der Waals surface area contributed by atoms with Gasteiger partial charge in [0.1, 0.15) is 5.82 Å². The zero-order valence-corrected chi connectivity index (χ0v) is 15.4. The van der Waals surface area contributed by atoms with Gasteiger partial charge in [0, 0.05) is 10.8 Å². The molecule has 24 heavy (non-hydrogen) atoms. The first-order valence-corrected chi connectivity index (χ1v) is 8.41. The normalized spacial score (nSPS) is 20.0. The maximum absolute atomic E-state index is 14.4. The quantitative estimate of drug-likeness (QED) is 0.587. The molecule has 2 rings (SSSR count). The second kappa shape index (κ2) is 7.02. The summed E-state index contributed by atoms with van der Waals surface area (Å²) >= 11 is 6.01. The molecule has 1 aromatic rings. The maximum Gasteiger partial charge on any atom is 0.466 e. The van der Waals surface area contributed by atoms with Crippen LogP contribution in [0, 0.1) is 5.82 Å². The van der Waals surface area contributed by atoms with Gasteiger partial charge in [0.2, 0.25) is 0 Å². The minimum Gasteiger partial charge on any atom is -0.466 e. The molecule has 0 spiro atoms. The molecule has 1 heterocycles. The molecular weight excluding hydrogens is 333 g/mol. The highest BCUT2D eigenvalue weighted by molar-refractivity contribution is 6.48. The third kappa shape index (κ3) is 3.93. The zero-order chi connectivity index (χ0) is 18.1. The van der Waals surface area contributed by atoms with Gasteiger partial charge in [0.25, 0.3) is 0 Å². The smallest absolute Gasteiger partial charge is 0.466 e. The van der Waals surface area contributed by atoms with Crippen LogP contribution in [0.3, 0.4) is 0 Å². The van der Waals surface area contributed by atoms with Gasteiger partial charge < -0.3 is 14.0 Å². The highest BCUT2D eigenvalue weighted by Crippen LogP contribution is 2.42. The standard InChI is InChI=1S/C17H23BClFO4/c1-6-22-15(21)10-13(12-9-11(19)7-8-14(12)20)18-23-16(2,3)17(4,5)24-18/h7-9,13H,6,10H2,1-5H3. The molecule has 1 unspecified atom stereocenters. The molecule has 4 nitrogen and oxygen atoms in total. The Morgan fingerprint density at radius 1 is 1.29 bits per heavy atom.